The van der Waals surface area contributed by atoms with Gasteiger partial charge in [0.15, 0.2) is 0 Å². The fourth-order valence-corrected chi connectivity index (χ4v) is 1.79. The number of ether oxygens (including phenoxy) is 1. The van der Waals surface area contributed by atoms with Gasteiger partial charge in [-0.15, -0.1) is 4.39 Å². The molecule has 4 heteroatoms. The van der Waals surface area contributed by atoms with Gasteiger partial charge in [-0.2, -0.15) is 0 Å². The van der Waals surface area contributed by atoms with Crippen molar-refractivity contribution in [3.8, 4) is 0 Å². The molecule has 1 amide bonds. The largest absolute Gasteiger partial charge is 0.397 e. The summed E-state index contributed by atoms with van der Waals surface area (Å²) < 4.78 is 18.2. The lowest BCUT2D eigenvalue weighted by Gasteiger charge is -2.38. The summed E-state index contributed by atoms with van der Waals surface area (Å²) in [6.45, 7) is 13.5. The Morgan fingerprint density at radius 1 is 1.19 bits per heavy atom. The van der Waals surface area contributed by atoms with Crippen molar-refractivity contribution < 1.29 is 13.9 Å². The highest BCUT2D eigenvalue weighted by Crippen LogP contribution is 2.26. The van der Waals surface area contributed by atoms with Crippen LogP contribution in [-0.4, -0.2) is 23.9 Å². The SMILES string of the molecule is CC(OC(C)(C)C)C(NC(=O)F)C(C)(C)C. The van der Waals surface area contributed by atoms with Crippen LogP contribution in [0.5, 0.6) is 0 Å². The van der Waals surface area contributed by atoms with Gasteiger partial charge in [0, 0.05) is 0 Å². The maximum absolute atomic E-state index is 12.5. The van der Waals surface area contributed by atoms with Crippen LogP contribution in [0, 0.1) is 5.41 Å². The number of hydrogen-bond donors (Lipinski definition) is 1. The van der Waals surface area contributed by atoms with E-state index >= 15 is 0 Å². The summed E-state index contributed by atoms with van der Waals surface area (Å²) in [4.78, 5) is 10.5. The highest BCUT2D eigenvalue weighted by atomic mass is 19.1. The van der Waals surface area contributed by atoms with Crippen molar-refractivity contribution in [3.05, 3.63) is 0 Å². The molecule has 0 rings (SSSR count). The standard InChI is InChI=1S/C12H24FNO2/c1-8(16-12(5,6)7)9(11(2,3)4)14-10(13)15/h8-9H,1-7H3,(H,14,15). The number of halogens is 1. The van der Waals surface area contributed by atoms with Gasteiger partial charge in [-0.25, -0.2) is 4.79 Å². The van der Waals surface area contributed by atoms with E-state index in [1.165, 1.54) is 0 Å². The van der Waals surface area contributed by atoms with E-state index in [0.717, 1.165) is 0 Å². The Labute approximate surface area is 97.7 Å². The van der Waals surface area contributed by atoms with Crippen LogP contribution in [0.1, 0.15) is 48.5 Å². The average molecular weight is 233 g/mol. The van der Waals surface area contributed by atoms with Gasteiger partial charge in [0.25, 0.3) is 0 Å². The van der Waals surface area contributed by atoms with E-state index < -0.39 is 6.16 Å². The molecule has 1 N–H and O–H groups in total. The molecule has 0 saturated heterocycles. The van der Waals surface area contributed by atoms with Crippen molar-refractivity contribution in [2.45, 2.75) is 66.2 Å². The van der Waals surface area contributed by atoms with E-state index in [9.17, 15) is 9.18 Å². The van der Waals surface area contributed by atoms with Crippen LogP contribution >= 0.6 is 0 Å². The molecule has 0 aliphatic carbocycles. The van der Waals surface area contributed by atoms with E-state index in [1.807, 2.05) is 48.5 Å². The quantitative estimate of drug-likeness (QED) is 0.600. The number of carbonyl (C=O) groups is 1. The molecule has 16 heavy (non-hydrogen) atoms. The van der Waals surface area contributed by atoms with Gasteiger partial charge in [0.05, 0.1) is 17.7 Å². The molecule has 0 aromatic rings. The minimum atomic E-state index is -1.51. The van der Waals surface area contributed by atoms with Gasteiger partial charge in [0.1, 0.15) is 0 Å². The van der Waals surface area contributed by atoms with E-state index in [0.29, 0.717) is 0 Å². The molecule has 0 saturated carbocycles. The van der Waals surface area contributed by atoms with E-state index in [-0.39, 0.29) is 23.2 Å². The van der Waals surface area contributed by atoms with Crippen LogP contribution in [0.15, 0.2) is 0 Å². The second-order valence-corrected chi connectivity index (χ2v) is 6.20. The Morgan fingerprint density at radius 3 is 1.88 bits per heavy atom. The Hall–Kier alpha value is -0.640. The number of amides is 1. The van der Waals surface area contributed by atoms with Gasteiger partial charge in [-0.3, -0.25) is 0 Å². The molecule has 0 bridgehead atoms. The maximum Gasteiger partial charge on any atom is 0.397 e. The molecule has 2 atom stereocenters. The Bertz CT molecular complexity index is 240. The third-order valence-corrected chi connectivity index (χ3v) is 2.21. The average Bonchev–Trinajstić information content (AvgIpc) is 1.93. The second kappa shape index (κ2) is 5.13. The summed E-state index contributed by atoms with van der Waals surface area (Å²) in [6.07, 6.45) is -1.76. The summed E-state index contributed by atoms with van der Waals surface area (Å²) in [5, 5.41) is 2.31. The molecule has 0 spiro atoms. The monoisotopic (exact) mass is 233 g/mol. The Morgan fingerprint density at radius 2 is 1.62 bits per heavy atom. The van der Waals surface area contributed by atoms with Crippen molar-refractivity contribution in [2.24, 2.45) is 5.41 Å². The summed E-state index contributed by atoms with van der Waals surface area (Å²) >= 11 is 0. The third kappa shape index (κ3) is 6.05. The minimum Gasteiger partial charge on any atom is -0.371 e. The first-order chi connectivity index (χ1) is 6.93. The zero-order valence-corrected chi connectivity index (χ0v) is 11.3. The predicted molar refractivity (Wildman–Crippen MR) is 63.2 cm³/mol. The lowest BCUT2D eigenvalue weighted by Crippen LogP contribution is -2.51. The summed E-state index contributed by atoms with van der Waals surface area (Å²) in [5.41, 5.74) is -0.573. The van der Waals surface area contributed by atoms with Crippen molar-refractivity contribution in [2.75, 3.05) is 0 Å². The molecule has 96 valence electrons. The molecule has 0 aliphatic heterocycles. The van der Waals surface area contributed by atoms with E-state index in [1.54, 1.807) is 0 Å². The predicted octanol–water partition coefficient (Wildman–Crippen LogP) is 3.28. The topological polar surface area (TPSA) is 38.3 Å². The maximum atomic E-state index is 12.5. The summed E-state index contributed by atoms with van der Waals surface area (Å²) in [7, 11) is 0. The second-order valence-electron chi connectivity index (χ2n) is 6.20. The first-order valence-corrected chi connectivity index (χ1v) is 5.57. The van der Waals surface area contributed by atoms with Crippen LogP contribution in [-0.2, 0) is 4.74 Å². The molecule has 0 aromatic carbocycles. The number of hydrogen-bond acceptors (Lipinski definition) is 2. The molecule has 0 radical (unpaired) electrons. The van der Waals surface area contributed by atoms with Crippen LogP contribution in [0.4, 0.5) is 9.18 Å². The smallest absolute Gasteiger partial charge is 0.371 e. The highest BCUT2D eigenvalue weighted by Gasteiger charge is 2.33. The van der Waals surface area contributed by atoms with Crippen molar-refractivity contribution in [1.82, 2.24) is 5.32 Å². The molecule has 0 heterocycles. The van der Waals surface area contributed by atoms with Crippen LogP contribution in [0.25, 0.3) is 0 Å². The number of rotatable bonds is 3. The molecule has 0 aliphatic rings. The molecule has 3 nitrogen and oxygen atoms in total. The molecule has 2 unspecified atom stereocenters. The van der Waals surface area contributed by atoms with E-state index in [4.69, 9.17) is 4.74 Å². The zero-order valence-electron chi connectivity index (χ0n) is 11.3. The Kier molecular flexibility index (Phi) is 4.92. The third-order valence-electron chi connectivity index (χ3n) is 2.21. The van der Waals surface area contributed by atoms with Crippen molar-refractivity contribution >= 4 is 6.16 Å². The van der Waals surface area contributed by atoms with Gasteiger partial charge < -0.3 is 10.1 Å². The number of nitrogens with one attached hydrogen (secondary N) is 1. The van der Waals surface area contributed by atoms with Crippen LogP contribution in [0.3, 0.4) is 0 Å². The molecular weight excluding hydrogens is 209 g/mol. The van der Waals surface area contributed by atoms with Gasteiger partial charge in [-0.1, -0.05) is 20.8 Å². The summed E-state index contributed by atoms with van der Waals surface area (Å²) in [6, 6.07) is -0.357. The molecule has 0 fully saturated rings. The fraction of sp³-hybridized carbons (Fsp3) is 0.917. The molecular formula is C12H24FNO2. The molecule has 0 aromatic heterocycles. The minimum absolute atomic E-state index is 0.250. The zero-order chi connectivity index (χ0) is 13.1. The first-order valence-electron chi connectivity index (χ1n) is 5.57. The van der Waals surface area contributed by atoms with Crippen LogP contribution < -0.4 is 5.32 Å². The van der Waals surface area contributed by atoms with Gasteiger partial charge in [-0.05, 0) is 33.1 Å². The highest BCUT2D eigenvalue weighted by molar-refractivity contribution is 5.66. The fourth-order valence-electron chi connectivity index (χ4n) is 1.79. The number of carbonyl (C=O) groups excluding carboxylic acids is 1. The summed E-state index contributed by atoms with van der Waals surface area (Å²) in [5.74, 6) is 0. The van der Waals surface area contributed by atoms with Crippen molar-refractivity contribution in [3.63, 3.8) is 0 Å². The first kappa shape index (κ1) is 15.4. The normalized spacial score (nSPS) is 16.8. The van der Waals surface area contributed by atoms with Crippen LogP contribution in [0.2, 0.25) is 0 Å². The van der Waals surface area contributed by atoms with Gasteiger partial charge in [0.2, 0.25) is 0 Å². The van der Waals surface area contributed by atoms with Gasteiger partial charge >= 0.3 is 6.16 Å². The van der Waals surface area contributed by atoms with Crippen molar-refractivity contribution in [1.29, 1.82) is 0 Å². The lowest BCUT2D eigenvalue weighted by atomic mass is 9.83. The van der Waals surface area contributed by atoms with E-state index in [2.05, 4.69) is 5.32 Å². The lowest BCUT2D eigenvalue weighted by molar-refractivity contribution is -0.0799. The Balaban J connectivity index is 4.70.